The zero-order valence-corrected chi connectivity index (χ0v) is 10.2. The van der Waals surface area contributed by atoms with Crippen molar-refractivity contribution in [3.8, 4) is 0 Å². The Kier molecular flexibility index (Phi) is 4.60. The van der Waals surface area contributed by atoms with Gasteiger partial charge in [-0.25, -0.2) is 0 Å². The van der Waals surface area contributed by atoms with Gasteiger partial charge in [-0.2, -0.15) is 0 Å². The fourth-order valence-electron chi connectivity index (χ4n) is 1.45. The van der Waals surface area contributed by atoms with Gasteiger partial charge in [0, 0.05) is 0 Å². The van der Waals surface area contributed by atoms with Gasteiger partial charge in [0.15, 0.2) is 0 Å². The first-order valence-electron chi connectivity index (χ1n) is 4.18. The van der Waals surface area contributed by atoms with E-state index >= 15 is 0 Å². The van der Waals surface area contributed by atoms with Crippen molar-refractivity contribution in [2.75, 3.05) is 0 Å². The Morgan fingerprint density at radius 2 is 1.71 bits per heavy atom. The third-order valence-corrected chi connectivity index (χ3v) is 1.93. The summed E-state index contributed by atoms with van der Waals surface area (Å²) < 4.78 is 29.6. The molecule has 1 aliphatic carbocycles. The molecule has 1 aromatic rings. The van der Waals surface area contributed by atoms with Crippen LogP contribution in [0.2, 0.25) is 0 Å². The first-order chi connectivity index (χ1) is 6.59. The van der Waals surface area contributed by atoms with E-state index in [1.165, 1.54) is 16.7 Å². The summed E-state index contributed by atoms with van der Waals surface area (Å²) >= 11 is -5.04. The van der Waals surface area contributed by atoms with Crippen LogP contribution in [-0.4, -0.2) is 0 Å². The number of halogens is 3. The molecule has 75 valence electrons. The zero-order chi connectivity index (χ0) is 10.6. The van der Waals surface area contributed by atoms with E-state index < -0.39 is 23.6 Å². The fraction of sp³-hybridized carbons (Fsp3) is 0.200. The SMILES string of the molecule is CC1=Cc2ccccc2C1.[F][Zr]([F])[F]. The van der Waals surface area contributed by atoms with Gasteiger partial charge in [0.25, 0.3) is 0 Å². The summed E-state index contributed by atoms with van der Waals surface area (Å²) in [7, 11) is 0. The molecule has 0 amide bonds. The van der Waals surface area contributed by atoms with Crippen LogP contribution in [0.4, 0.5) is 7.88 Å². The average molecular weight is 278 g/mol. The Morgan fingerprint density at radius 3 is 2.29 bits per heavy atom. The van der Waals surface area contributed by atoms with Crippen LogP contribution >= 0.6 is 0 Å². The van der Waals surface area contributed by atoms with Gasteiger partial charge in [-0.1, -0.05) is 35.9 Å². The third-order valence-electron chi connectivity index (χ3n) is 1.93. The number of fused-ring (bicyclic) bond motifs is 1. The molecule has 14 heavy (non-hydrogen) atoms. The quantitative estimate of drug-likeness (QED) is 0.675. The Bertz CT molecular complexity index is 331. The average Bonchev–Trinajstić information content (AvgIpc) is 2.42. The summed E-state index contributed by atoms with van der Waals surface area (Å²) in [4.78, 5) is 0. The van der Waals surface area contributed by atoms with Crippen molar-refractivity contribution in [3.63, 3.8) is 0 Å². The number of hydrogen-bond donors (Lipinski definition) is 0. The molecule has 0 unspecified atom stereocenters. The second kappa shape index (κ2) is 5.50. The number of allylic oxidation sites excluding steroid dienone is 1. The molecule has 0 saturated carbocycles. The van der Waals surface area contributed by atoms with E-state index in [0.29, 0.717) is 0 Å². The van der Waals surface area contributed by atoms with Gasteiger partial charge in [0.2, 0.25) is 0 Å². The summed E-state index contributed by atoms with van der Waals surface area (Å²) in [5.74, 6) is 0. The van der Waals surface area contributed by atoms with Crippen LogP contribution in [0.5, 0.6) is 0 Å². The molecule has 0 heterocycles. The summed E-state index contributed by atoms with van der Waals surface area (Å²) in [6, 6.07) is 8.56. The Labute approximate surface area is 91.8 Å². The first-order valence-corrected chi connectivity index (χ1v) is 6.97. The van der Waals surface area contributed by atoms with Crippen molar-refractivity contribution >= 4 is 6.08 Å². The van der Waals surface area contributed by atoms with Gasteiger partial charge >= 0.3 is 31.5 Å². The Hall–Kier alpha value is -0.367. The van der Waals surface area contributed by atoms with E-state index in [-0.39, 0.29) is 0 Å². The van der Waals surface area contributed by atoms with Crippen LogP contribution in [0.15, 0.2) is 29.8 Å². The molecule has 0 spiro atoms. The number of hydrogen-bond acceptors (Lipinski definition) is 0. The van der Waals surface area contributed by atoms with Crippen molar-refractivity contribution in [1.29, 1.82) is 0 Å². The van der Waals surface area contributed by atoms with E-state index in [4.69, 9.17) is 0 Å². The maximum absolute atomic E-state index is 9.86. The van der Waals surface area contributed by atoms with Crippen molar-refractivity contribution in [2.45, 2.75) is 13.3 Å². The fourth-order valence-corrected chi connectivity index (χ4v) is 1.45. The first kappa shape index (κ1) is 11.7. The monoisotopic (exact) mass is 277 g/mol. The van der Waals surface area contributed by atoms with Crippen molar-refractivity contribution in [1.82, 2.24) is 0 Å². The van der Waals surface area contributed by atoms with Gasteiger partial charge in [-0.3, -0.25) is 0 Å². The molecule has 4 heteroatoms. The second-order valence-corrected chi connectivity index (χ2v) is 4.13. The maximum atomic E-state index is 9.86. The molecule has 0 saturated heterocycles. The molecule has 1 aliphatic rings. The van der Waals surface area contributed by atoms with Gasteiger partial charge in [-0.15, -0.1) is 0 Å². The molecule has 0 bridgehead atoms. The zero-order valence-electron chi connectivity index (χ0n) is 7.73. The Morgan fingerprint density at radius 1 is 1.14 bits per heavy atom. The van der Waals surface area contributed by atoms with Crippen molar-refractivity contribution in [2.24, 2.45) is 0 Å². The summed E-state index contributed by atoms with van der Waals surface area (Å²) in [5.41, 5.74) is 4.35. The van der Waals surface area contributed by atoms with Crippen LogP contribution in [-0.2, 0) is 30.0 Å². The molecule has 0 aromatic heterocycles. The minimum absolute atomic E-state index is 1.15. The molecule has 0 N–H and O–H groups in total. The predicted molar refractivity (Wildman–Crippen MR) is 47.1 cm³/mol. The summed E-state index contributed by atoms with van der Waals surface area (Å²) in [5, 5.41) is 0. The van der Waals surface area contributed by atoms with E-state index in [9.17, 15) is 7.88 Å². The number of benzene rings is 1. The Balaban J connectivity index is 0.000000213. The van der Waals surface area contributed by atoms with Gasteiger partial charge in [-0.05, 0) is 24.5 Å². The van der Waals surface area contributed by atoms with E-state index in [1.54, 1.807) is 0 Å². The predicted octanol–water partition coefficient (Wildman–Crippen LogP) is 3.90. The summed E-state index contributed by atoms with van der Waals surface area (Å²) in [6.07, 6.45) is 3.41. The van der Waals surface area contributed by atoms with Gasteiger partial charge < -0.3 is 0 Å². The van der Waals surface area contributed by atoms with Crippen LogP contribution in [0.1, 0.15) is 18.1 Å². The number of rotatable bonds is 0. The summed E-state index contributed by atoms with van der Waals surface area (Å²) in [6.45, 7) is 2.18. The third kappa shape index (κ3) is 3.79. The molecular formula is C10H10F3Zr. The van der Waals surface area contributed by atoms with E-state index in [1.807, 2.05) is 0 Å². The topological polar surface area (TPSA) is 0 Å². The van der Waals surface area contributed by atoms with Crippen LogP contribution in [0, 0.1) is 0 Å². The van der Waals surface area contributed by atoms with Crippen LogP contribution < -0.4 is 0 Å². The molecule has 0 aliphatic heterocycles. The second-order valence-electron chi connectivity index (χ2n) is 3.08. The van der Waals surface area contributed by atoms with E-state index in [0.717, 1.165) is 6.42 Å². The normalized spacial score (nSPS) is 12.4. The van der Waals surface area contributed by atoms with E-state index in [2.05, 4.69) is 37.3 Å². The molecule has 0 fully saturated rings. The van der Waals surface area contributed by atoms with Gasteiger partial charge in [0.1, 0.15) is 0 Å². The molecular weight excluding hydrogens is 268 g/mol. The minimum atomic E-state index is -5.04. The van der Waals surface area contributed by atoms with Crippen molar-refractivity contribution < 1.29 is 31.5 Å². The van der Waals surface area contributed by atoms with Crippen molar-refractivity contribution in [3.05, 3.63) is 41.0 Å². The molecule has 1 aromatic carbocycles. The van der Waals surface area contributed by atoms with Crippen LogP contribution in [0.25, 0.3) is 6.08 Å². The molecule has 0 nitrogen and oxygen atoms in total. The molecule has 0 radical (unpaired) electrons. The van der Waals surface area contributed by atoms with Gasteiger partial charge in [0.05, 0.1) is 0 Å². The van der Waals surface area contributed by atoms with Crippen LogP contribution in [0.3, 0.4) is 0 Å². The standard InChI is InChI=1S/C10H10.3FH.Zr/c1-8-6-9-4-2-3-5-10(9)7-8;;;;/h2-6H,7H2,1H3;3*1H;/q;;;;+3/p-3. The molecule has 0 atom stereocenters. The molecule has 2 rings (SSSR count).